The zero-order chi connectivity index (χ0) is 25.7. The molecule has 0 radical (unpaired) electrons. The number of hydrogen-bond acceptors (Lipinski definition) is 3. The molecular weight excluding hydrogens is 453 g/mol. The number of rotatable bonds is 7. The lowest BCUT2D eigenvalue weighted by atomic mass is 10.1. The van der Waals surface area contributed by atoms with E-state index in [-0.39, 0.29) is 18.0 Å². The summed E-state index contributed by atoms with van der Waals surface area (Å²) < 4.78 is 21.6. The summed E-state index contributed by atoms with van der Waals surface area (Å²) in [6.07, 6.45) is 1.61. The summed E-state index contributed by atoms with van der Waals surface area (Å²) in [5.41, 5.74) is 5.77. The molecule has 0 aliphatic rings. The highest BCUT2D eigenvalue weighted by Crippen LogP contribution is 2.25. The summed E-state index contributed by atoms with van der Waals surface area (Å²) in [5, 5.41) is 12.4. The van der Waals surface area contributed by atoms with Crippen LogP contribution in [0.1, 0.15) is 28.1 Å². The van der Waals surface area contributed by atoms with Crippen LogP contribution in [0.15, 0.2) is 84.4 Å². The summed E-state index contributed by atoms with van der Waals surface area (Å²) >= 11 is 0. The second kappa shape index (κ2) is 10.7. The van der Waals surface area contributed by atoms with Gasteiger partial charge in [0.2, 0.25) is 0 Å². The Hall–Kier alpha value is -4.63. The van der Waals surface area contributed by atoms with Crippen LogP contribution in [0.25, 0.3) is 11.8 Å². The van der Waals surface area contributed by atoms with Crippen molar-refractivity contribution in [3.05, 3.63) is 118 Å². The van der Waals surface area contributed by atoms with Crippen molar-refractivity contribution in [3.63, 3.8) is 0 Å². The van der Waals surface area contributed by atoms with E-state index in [1.54, 1.807) is 36.4 Å². The molecule has 180 valence electrons. The minimum absolute atomic E-state index is 0.0210. The van der Waals surface area contributed by atoms with Crippen LogP contribution in [0, 0.1) is 37.9 Å². The summed E-state index contributed by atoms with van der Waals surface area (Å²) in [7, 11) is 0. The zero-order valence-corrected chi connectivity index (χ0v) is 20.4. The van der Waals surface area contributed by atoms with Gasteiger partial charge < -0.3 is 14.6 Å². The predicted molar refractivity (Wildman–Crippen MR) is 139 cm³/mol. The number of aryl methyl sites for hydroxylation is 2. The van der Waals surface area contributed by atoms with Crippen LogP contribution in [0.3, 0.4) is 0 Å². The average Bonchev–Trinajstić information content (AvgIpc) is 3.16. The quantitative estimate of drug-likeness (QED) is 0.238. The van der Waals surface area contributed by atoms with Gasteiger partial charge in [-0.1, -0.05) is 35.9 Å². The number of nitrogens with one attached hydrogen (secondary N) is 1. The number of carbonyl (C=O) groups excluding carboxylic acids is 1. The Balaban J connectivity index is 1.51. The van der Waals surface area contributed by atoms with Crippen molar-refractivity contribution in [2.24, 2.45) is 0 Å². The number of anilines is 1. The topological polar surface area (TPSA) is 67.0 Å². The molecule has 0 unspecified atom stereocenters. The molecule has 3 aromatic carbocycles. The van der Waals surface area contributed by atoms with Crippen molar-refractivity contribution in [1.82, 2.24) is 4.57 Å². The second-order valence-corrected chi connectivity index (χ2v) is 8.53. The van der Waals surface area contributed by atoms with Crippen LogP contribution < -0.4 is 10.1 Å². The molecule has 6 heteroatoms. The molecule has 1 aromatic heterocycles. The standard InChI is InChI=1S/C30H26FN3O2/c1-20-8-10-26(11-9-20)33-30(35)25(18-32)17-24-16-21(2)34(22(24)3)27-12-14-28(15-13-27)36-19-23-6-4-5-7-29(23)31/h4-17H,19H2,1-3H3,(H,33,35)/b25-17-. The number of nitrogens with zero attached hydrogens (tertiary/aromatic N) is 2. The predicted octanol–water partition coefficient (Wildman–Crippen LogP) is 6.67. The van der Waals surface area contributed by atoms with Gasteiger partial charge in [0, 0.05) is 28.3 Å². The van der Waals surface area contributed by atoms with Gasteiger partial charge in [-0.3, -0.25) is 4.79 Å². The number of halogens is 1. The van der Waals surface area contributed by atoms with Crippen LogP contribution in [0.2, 0.25) is 0 Å². The third kappa shape index (κ3) is 5.53. The largest absolute Gasteiger partial charge is 0.489 e. The number of ether oxygens (including phenoxy) is 1. The van der Waals surface area contributed by atoms with E-state index in [9.17, 15) is 14.4 Å². The zero-order valence-electron chi connectivity index (χ0n) is 20.4. The molecule has 0 saturated heterocycles. The molecule has 36 heavy (non-hydrogen) atoms. The Morgan fingerprint density at radius 3 is 2.39 bits per heavy atom. The van der Waals surface area contributed by atoms with Crippen LogP contribution in [0.5, 0.6) is 5.75 Å². The first-order valence-corrected chi connectivity index (χ1v) is 11.5. The molecule has 0 saturated carbocycles. The minimum atomic E-state index is -0.456. The highest BCUT2D eigenvalue weighted by molar-refractivity contribution is 6.09. The monoisotopic (exact) mass is 479 g/mol. The second-order valence-electron chi connectivity index (χ2n) is 8.53. The summed E-state index contributed by atoms with van der Waals surface area (Å²) in [6.45, 7) is 6.01. The van der Waals surface area contributed by atoms with E-state index in [2.05, 4.69) is 5.32 Å². The number of aromatic nitrogens is 1. The fourth-order valence-corrected chi connectivity index (χ4v) is 3.94. The minimum Gasteiger partial charge on any atom is -0.489 e. The lowest BCUT2D eigenvalue weighted by Crippen LogP contribution is -2.13. The molecule has 0 aliphatic carbocycles. The molecule has 0 fully saturated rings. The molecule has 1 heterocycles. The first-order valence-electron chi connectivity index (χ1n) is 11.5. The van der Waals surface area contributed by atoms with Gasteiger partial charge in [-0.15, -0.1) is 0 Å². The maximum atomic E-state index is 13.8. The van der Waals surface area contributed by atoms with Gasteiger partial charge in [0.1, 0.15) is 29.8 Å². The molecule has 0 aliphatic heterocycles. The number of nitriles is 1. The van der Waals surface area contributed by atoms with Crippen molar-refractivity contribution in [2.75, 3.05) is 5.32 Å². The number of hydrogen-bond donors (Lipinski definition) is 1. The lowest BCUT2D eigenvalue weighted by molar-refractivity contribution is -0.112. The van der Waals surface area contributed by atoms with Gasteiger partial charge >= 0.3 is 0 Å². The average molecular weight is 480 g/mol. The van der Waals surface area contributed by atoms with Gasteiger partial charge in [-0.05, 0) is 80.9 Å². The van der Waals surface area contributed by atoms with E-state index in [0.29, 0.717) is 17.0 Å². The molecule has 4 aromatic rings. The number of amides is 1. The number of carbonyl (C=O) groups is 1. The van der Waals surface area contributed by atoms with Gasteiger partial charge in [-0.2, -0.15) is 5.26 Å². The molecule has 5 nitrogen and oxygen atoms in total. The van der Waals surface area contributed by atoms with Crippen molar-refractivity contribution >= 4 is 17.7 Å². The molecule has 1 N–H and O–H groups in total. The summed E-state index contributed by atoms with van der Waals surface area (Å²) in [6, 6.07) is 25.4. The maximum absolute atomic E-state index is 13.8. The molecule has 1 amide bonds. The van der Waals surface area contributed by atoms with Crippen molar-refractivity contribution < 1.29 is 13.9 Å². The van der Waals surface area contributed by atoms with Crippen LogP contribution >= 0.6 is 0 Å². The highest BCUT2D eigenvalue weighted by Gasteiger charge is 2.14. The van der Waals surface area contributed by atoms with Crippen LogP contribution in [0.4, 0.5) is 10.1 Å². The van der Waals surface area contributed by atoms with Crippen molar-refractivity contribution in [2.45, 2.75) is 27.4 Å². The van der Waals surface area contributed by atoms with E-state index in [0.717, 1.165) is 28.2 Å². The fraction of sp³-hybridized carbons (Fsp3) is 0.133. The smallest absolute Gasteiger partial charge is 0.266 e. The van der Waals surface area contributed by atoms with Crippen molar-refractivity contribution in [3.8, 4) is 17.5 Å². The van der Waals surface area contributed by atoms with E-state index in [1.807, 2.05) is 73.9 Å². The first kappa shape index (κ1) is 24.5. The number of benzene rings is 3. The third-order valence-corrected chi connectivity index (χ3v) is 5.89. The van der Waals surface area contributed by atoms with E-state index >= 15 is 0 Å². The Labute approximate surface area is 210 Å². The molecule has 4 rings (SSSR count). The Bertz CT molecular complexity index is 1460. The summed E-state index contributed by atoms with van der Waals surface area (Å²) in [4.78, 5) is 12.7. The molecule has 0 spiro atoms. The maximum Gasteiger partial charge on any atom is 0.266 e. The SMILES string of the molecule is Cc1ccc(NC(=O)/C(C#N)=C\c2cc(C)n(-c3ccc(OCc4ccccc4F)cc3)c2C)cc1. The normalized spacial score (nSPS) is 11.1. The first-order chi connectivity index (χ1) is 17.4. The van der Waals surface area contributed by atoms with Gasteiger partial charge in [0.15, 0.2) is 0 Å². The molecule has 0 atom stereocenters. The van der Waals surface area contributed by atoms with Gasteiger partial charge in [0.05, 0.1) is 0 Å². The van der Waals surface area contributed by atoms with E-state index in [4.69, 9.17) is 4.74 Å². The molecular formula is C30H26FN3O2. The van der Waals surface area contributed by atoms with Crippen LogP contribution in [-0.2, 0) is 11.4 Å². The Kier molecular flexibility index (Phi) is 7.31. The Morgan fingerprint density at radius 2 is 1.72 bits per heavy atom. The van der Waals surface area contributed by atoms with Gasteiger partial charge in [0.25, 0.3) is 5.91 Å². The third-order valence-electron chi connectivity index (χ3n) is 5.89. The van der Waals surface area contributed by atoms with E-state index in [1.165, 1.54) is 6.07 Å². The lowest BCUT2D eigenvalue weighted by Gasteiger charge is -2.12. The van der Waals surface area contributed by atoms with Crippen LogP contribution in [-0.4, -0.2) is 10.5 Å². The Morgan fingerprint density at radius 1 is 1.03 bits per heavy atom. The van der Waals surface area contributed by atoms with Gasteiger partial charge in [-0.25, -0.2) is 4.39 Å². The highest BCUT2D eigenvalue weighted by atomic mass is 19.1. The molecule has 0 bridgehead atoms. The summed E-state index contributed by atoms with van der Waals surface area (Å²) in [5.74, 6) is -0.121. The van der Waals surface area contributed by atoms with E-state index < -0.39 is 5.91 Å². The van der Waals surface area contributed by atoms with Crippen molar-refractivity contribution in [1.29, 1.82) is 5.26 Å². The fourth-order valence-electron chi connectivity index (χ4n) is 3.94.